The van der Waals surface area contributed by atoms with E-state index in [-0.39, 0.29) is 12.3 Å². The molecular weight excluding hydrogens is 352 g/mol. The zero-order valence-electron chi connectivity index (χ0n) is 15.1. The number of benzene rings is 1. The van der Waals surface area contributed by atoms with Gasteiger partial charge in [0.05, 0.1) is 38.5 Å². The van der Waals surface area contributed by atoms with Crippen molar-refractivity contribution >= 4 is 18.1 Å². The van der Waals surface area contributed by atoms with Crippen molar-refractivity contribution < 1.29 is 28.2 Å². The molecule has 142 valence electrons. The van der Waals surface area contributed by atoms with Crippen LogP contribution < -0.4 is 5.43 Å². The Kier molecular flexibility index (Phi) is 5.68. The van der Waals surface area contributed by atoms with E-state index >= 15 is 0 Å². The van der Waals surface area contributed by atoms with Crippen molar-refractivity contribution in [3.05, 3.63) is 47.7 Å². The fourth-order valence-corrected chi connectivity index (χ4v) is 2.71. The standard InChI is InChI=1S/C19H20N2O6/c1-19(25-9-10-26-19)11-17(22)21-20-12-13-7-8-16(27-13)14-5-3-4-6-15(14)18(23)24-2/h3-8,12H,9-11H2,1-2H3,(H,21,22)/b20-12-. The van der Waals surface area contributed by atoms with Gasteiger partial charge >= 0.3 is 5.97 Å². The molecule has 1 saturated heterocycles. The molecule has 0 spiro atoms. The maximum Gasteiger partial charge on any atom is 0.338 e. The Hall–Kier alpha value is -2.97. The van der Waals surface area contributed by atoms with Gasteiger partial charge in [0, 0.05) is 5.56 Å². The minimum absolute atomic E-state index is 0.0419. The van der Waals surface area contributed by atoms with Crippen molar-refractivity contribution in [2.45, 2.75) is 19.1 Å². The Labute approximate surface area is 156 Å². The molecule has 0 bridgehead atoms. The summed E-state index contributed by atoms with van der Waals surface area (Å²) in [6.07, 6.45) is 1.42. The van der Waals surface area contributed by atoms with Crippen molar-refractivity contribution in [2.75, 3.05) is 20.3 Å². The van der Waals surface area contributed by atoms with Crippen LogP contribution in [0.15, 0.2) is 45.9 Å². The maximum absolute atomic E-state index is 11.9. The second-order valence-corrected chi connectivity index (χ2v) is 6.04. The van der Waals surface area contributed by atoms with Crippen LogP contribution in [0.5, 0.6) is 0 Å². The Morgan fingerprint density at radius 1 is 1.22 bits per heavy atom. The van der Waals surface area contributed by atoms with Crippen LogP contribution >= 0.6 is 0 Å². The molecule has 27 heavy (non-hydrogen) atoms. The topological polar surface area (TPSA) is 99.4 Å². The van der Waals surface area contributed by atoms with E-state index in [0.29, 0.717) is 35.9 Å². The molecule has 1 aliphatic rings. The molecule has 1 amide bonds. The molecule has 1 fully saturated rings. The fourth-order valence-electron chi connectivity index (χ4n) is 2.71. The maximum atomic E-state index is 11.9. The third kappa shape index (κ3) is 4.60. The number of rotatable bonds is 6. The quantitative estimate of drug-likeness (QED) is 0.475. The highest BCUT2D eigenvalue weighted by atomic mass is 16.7. The lowest BCUT2D eigenvalue weighted by Crippen LogP contribution is -2.33. The zero-order valence-corrected chi connectivity index (χ0v) is 15.1. The smallest absolute Gasteiger partial charge is 0.338 e. The summed E-state index contributed by atoms with van der Waals surface area (Å²) in [5.41, 5.74) is 3.41. The van der Waals surface area contributed by atoms with Gasteiger partial charge in [-0.15, -0.1) is 0 Å². The van der Waals surface area contributed by atoms with Gasteiger partial charge in [-0.05, 0) is 25.1 Å². The molecule has 1 aromatic carbocycles. The fraction of sp³-hybridized carbons (Fsp3) is 0.316. The molecule has 8 heteroatoms. The number of methoxy groups -OCH3 is 1. The Morgan fingerprint density at radius 2 is 1.96 bits per heavy atom. The van der Waals surface area contributed by atoms with Gasteiger partial charge in [-0.2, -0.15) is 5.10 Å². The van der Waals surface area contributed by atoms with Gasteiger partial charge in [0.25, 0.3) is 0 Å². The average Bonchev–Trinajstić information content (AvgIpc) is 3.30. The second kappa shape index (κ2) is 8.15. The number of hydrogen-bond donors (Lipinski definition) is 1. The van der Waals surface area contributed by atoms with Crippen LogP contribution in [0.25, 0.3) is 11.3 Å². The number of esters is 1. The van der Waals surface area contributed by atoms with Gasteiger partial charge in [-0.1, -0.05) is 18.2 Å². The zero-order chi connectivity index (χ0) is 19.3. The largest absolute Gasteiger partial charge is 0.465 e. The van der Waals surface area contributed by atoms with Gasteiger partial charge in [0.15, 0.2) is 5.79 Å². The number of nitrogens with zero attached hydrogens (tertiary/aromatic N) is 1. The number of carbonyl (C=O) groups is 2. The average molecular weight is 372 g/mol. The summed E-state index contributed by atoms with van der Waals surface area (Å²) >= 11 is 0. The van der Waals surface area contributed by atoms with E-state index in [1.165, 1.54) is 13.3 Å². The summed E-state index contributed by atoms with van der Waals surface area (Å²) in [6.45, 7) is 2.64. The SMILES string of the molecule is COC(=O)c1ccccc1-c1ccc(/C=N\NC(=O)CC2(C)OCCO2)o1. The number of amides is 1. The summed E-state index contributed by atoms with van der Waals surface area (Å²) in [4.78, 5) is 23.8. The van der Waals surface area contributed by atoms with Gasteiger partial charge in [-0.25, -0.2) is 10.2 Å². The normalized spacial score (nSPS) is 15.8. The third-order valence-electron chi connectivity index (χ3n) is 3.99. The molecule has 0 saturated carbocycles. The second-order valence-electron chi connectivity index (χ2n) is 6.04. The first-order chi connectivity index (χ1) is 13.0. The first kappa shape index (κ1) is 18.8. The van der Waals surface area contributed by atoms with Crippen LogP contribution in [-0.4, -0.2) is 44.2 Å². The molecule has 2 heterocycles. The molecule has 0 atom stereocenters. The van der Waals surface area contributed by atoms with Crippen molar-refractivity contribution in [1.82, 2.24) is 5.43 Å². The van der Waals surface area contributed by atoms with E-state index in [4.69, 9.17) is 18.6 Å². The highest BCUT2D eigenvalue weighted by Crippen LogP contribution is 2.26. The summed E-state index contributed by atoms with van der Waals surface area (Å²) in [6, 6.07) is 10.4. The molecule has 1 aromatic heterocycles. The summed E-state index contributed by atoms with van der Waals surface area (Å²) in [5, 5.41) is 3.87. The number of hydrazone groups is 1. The van der Waals surface area contributed by atoms with Gasteiger partial charge in [-0.3, -0.25) is 4.79 Å². The first-order valence-corrected chi connectivity index (χ1v) is 8.38. The van der Waals surface area contributed by atoms with Crippen molar-refractivity contribution in [3.8, 4) is 11.3 Å². The van der Waals surface area contributed by atoms with Crippen molar-refractivity contribution in [3.63, 3.8) is 0 Å². The van der Waals surface area contributed by atoms with Crippen LogP contribution in [0.3, 0.4) is 0 Å². The first-order valence-electron chi connectivity index (χ1n) is 8.38. The van der Waals surface area contributed by atoms with Crippen LogP contribution in [0.4, 0.5) is 0 Å². The third-order valence-corrected chi connectivity index (χ3v) is 3.99. The summed E-state index contributed by atoms with van der Waals surface area (Å²) in [5.74, 6) is -0.781. The molecule has 2 aromatic rings. The predicted molar refractivity (Wildman–Crippen MR) is 96.1 cm³/mol. The number of nitrogens with one attached hydrogen (secondary N) is 1. The lowest BCUT2D eigenvalue weighted by Gasteiger charge is -2.20. The minimum Gasteiger partial charge on any atom is -0.465 e. The molecule has 0 unspecified atom stereocenters. The van der Waals surface area contributed by atoms with E-state index < -0.39 is 11.8 Å². The molecule has 1 N–H and O–H groups in total. The summed E-state index contributed by atoms with van der Waals surface area (Å²) < 4.78 is 21.2. The van der Waals surface area contributed by atoms with Gasteiger partial charge in [0.1, 0.15) is 11.5 Å². The molecule has 0 aliphatic carbocycles. The molecule has 8 nitrogen and oxygen atoms in total. The van der Waals surface area contributed by atoms with E-state index in [1.807, 2.05) is 0 Å². The van der Waals surface area contributed by atoms with E-state index in [0.717, 1.165) is 0 Å². The number of ether oxygens (including phenoxy) is 3. The minimum atomic E-state index is -0.908. The predicted octanol–water partition coefficient (Wildman–Crippen LogP) is 2.34. The van der Waals surface area contributed by atoms with Crippen LogP contribution in [0, 0.1) is 0 Å². The molecular formula is C19H20N2O6. The Balaban J connectivity index is 1.64. The highest BCUT2D eigenvalue weighted by molar-refractivity contribution is 5.96. The molecule has 0 radical (unpaired) electrons. The van der Waals surface area contributed by atoms with Crippen LogP contribution in [0.1, 0.15) is 29.5 Å². The van der Waals surface area contributed by atoms with Crippen LogP contribution in [-0.2, 0) is 19.0 Å². The highest BCUT2D eigenvalue weighted by Gasteiger charge is 2.33. The molecule has 3 rings (SSSR count). The monoisotopic (exact) mass is 372 g/mol. The van der Waals surface area contributed by atoms with Crippen molar-refractivity contribution in [1.29, 1.82) is 0 Å². The Bertz CT molecular complexity index is 851. The summed E-state index contributed by atoms with van der Waals surface area (Å²) in [7, 11) is 1.32. The van der Waals surface area contributed by atoms with Gasteiger partial charge in [0.2, 0.25) is 5.91 Å². The van der Waals surface area contributed by atoms with E-state index in [2.05, 4.69) is 10.5 Å². The van der Waals surface area contributed by atoms with E-state index in [9.17, 15) is 9.59 Å². The lowest BCUT2D eigenvalue weighted by molar-refractivity contribution is -0.159. The Morgan fingerprint density at radius 3 is 2.70 bits per heavy atom. The lowest BCUT2D eigenvalue weighted by atomic mass is 10.1. The molecule has 1 aliphatic heterocycles. The van der Waals surface area contributed by atoms with Gasteiger partial charge < -0.3 is 18.6 Å². The van der Waals surface area contributed by atoms with Crippen molar-refractivity contribution in [2.24, 2.45) is 5.10 Å². The van der Waals surface area contributed by atoms with Crippen LogP contribution in [0.2, 0.25) is 0 Å². The number of hydrogen-bond acceptors (Lipinski definition) is 7. The number of carbonyl (C=O) groups excluding carboxylic acids is 2. The number of furan rings is 1. The van der Waals surface area contributed by atoms with E-state index in [1.54, 1.807) is 43.3 Å².